The Hall–Kier alpha value is -2.37. The number of carboxylic acids is 1. The smallest absolute Gasteiger partial charge is 0.374 e. The molecule has 1 heterocycles. The van der Waals surface area contributed by atoms with E-state index < -0.39 is 11.8 Å². The summed E-state index contributed by atoms with van der Waals surface area (Å²) < 4.78 is 17.8. The van der Waals surface area contributed by atoms with Crippen molar-refractivity contribution in [3.8, 4) is 17.0 Å². The molecule has 2 rings (SSSR count). The van der Waals surface area contributed by atoms with Crippen molar-refractivity contribution in [2.45, 2.75) is 0 Å². The summed E-state index contributed by atoms with van der Waals surface area (Å²) in [5, 5.41) is 21.0. The Kier molecular flexibility index (Phi) is 2.32. The molecule has 6 heteroatoms. The van der Waals surface area contributed by atoms with Gasteiger partial charge in [-0.1, -0.05) is 5.16 Å². The summed E-state index contributed by atoms with van der Waals surface area (Å²) in [5.74, 6) is -2.58. The molecule has 5 nitrogen and oxygen atoms in total. The highest BCUT2D eigenvalue weighted by molar-refractivity contribution is 5.85. The van der Waals surface area contributed by atoms with Crippen molar-refractivity contribution in [3.05, 3.63) is 35.8 Å². The van der Waals surface area contributed by atoms with E-state index >= 15 is 0 Å². The first-order valence-electron chi connectivity index (χ1n) is 4.27. The first-order valence-corrected chi connectivity index (χ1v) is 4.27. The number of phenolic OH excluding ortho intramolecular Hbond substituents is 1. The van der Waals surface area contributed by atoms with Crippen LogP contribution in [0.1, 0.15) is 10.6 Å². The summed E-state index contributed by atoms with van der Waals surface area (Å²) in [5.41, 5.74) is 0.129. The number of carboxylic acid groups (broad SMARTS) is 1. The van der Waals surface area contributed by atoms with Gasteiger partial charge in [-0.05, 0) is 12.1 Å². The van der Waals surface area contributed by atoms with Crippen LogP contribution >= 0.6 is 0 Å². The molecule has 0 saturated carbocycles. The van der Waals surface area contributed by atoms with Gasteiger partial charge in [0.15, 0.2) is 0 Å². The summed E-state index contributed by atoms with van der Waals surface area (Å²) in [6.45, 7) is 0. The van der Waals surface area contributed by atoms with Gasteiger partial charge in [-0.2, -0.15) is 0 Å². The van der Waals surface area contributed by atoms with E-state index in [2.05, 4.69) is 9.68 Å². The van der Waals surface area contributed by atoms with Crippen molar-refractivity contribution in [3.63, 3.8) is 0 Å². The second-order valence-corrected chi connectivity index (χ2v) is 3.05. The zero-order chi connectivity index (χ0) is 11.7. The lowest BCUT2D eigenvalue weighted by Crippen LogP contribution is -1.91. The van der Waals surface area contributed by atoms with E-state index in [-0.39, 0.29) is 22.8 Å². The second kappa shape index (κ2) is 3.65. The largest absolute Gasteiger partial charge is 0.508 e. The van der Waals surface area contributed by atoms with Crippen molar-refractivity contribution >= 4 is 5.97 Å². The van der Waals surface area contributed by atoms with Gasteiger partial charge in [-0.15, -0.1) is 0 Å². The van der Waals surface area contributed by atoms with Gasteiger partial charge in [-0.25, -0.2) is 9.18 Å². The molecular weight excluding hydrogens is 217 g/mol. The van der Waals surface area contributed by atoms with Gasteiger partial charge in [0.1, 0.15) is 17.3 Å². The molecule has 0 fully saturated rings. The maximum absolute atomic E-state index is 13.4. The van der Waals surface area contributed by atoms with Crippen LogP contribution in [0, 0.1) is 5.82 Å². The van der Waals surface area contributed by atoms with Gasteiger partial charge in [0.25, 0.3) is 0 Å². The number of nitrogens with zero attached hydrogens (tertiary/aromatic N) is 1. The third-order valence-corrected chi connectivity index (χ3v) is 1.95. The molecule has 82 valence electrons. The highest BCUT2D eigenvalue weighted by Crippen LogP contribution is 2.25. The fourth-order valence-electron chi connectivity index (χ4n) is 1.21. The number of carbonyl (C=O) groups is 1. The van der Waals surface area contributed by atoms with Gasteiger partial charge in [0.05, 0.1) is 0 Å². The molecule has 0 bridgehead atoms. The molecule has 0 amide bonds. The zero-order valence-corrected chi connectivity index (χ0v) is 7.85. The second-order valence-electron chi connectivity index (χ2n) is 3.05. The molecule has 2 N–H and O–H groups in total. The highest BCUT2D eigenvalue weighted by Gasteiger charge is 2.15. The average Bonchev–Trinajstić information content (AvgIpc) is 2.66. The van der Waals surface area contributed by atoms with Gasteiger partial charge in [0.2, 0.25) is 5.76 Å². The maximum atomic E-state index is 13.4. The number of halogens is 1. The number of hydrogen-bond acceptors (Lipinski definition) is 4. The van der Waals surface area contributed by atoms with Crippen LogP contribution in [0.15, 0.2) is 28.8 Å². The number of aromatic carboxylic acids is 1. The van der Waals surface area contributed by atoms with E-state index in [1.165, 1.54) is 12.1 Å². The van der Waals surface area contributed by atoms with E-state index in [0.717, 1.165) is 12.1 Å². The molecule has 0 atom stereocenters. The summed E-state index contributed by atoms with van der Waals surface area (Å²) in [7, 11) is 0. The van der Waals surface area contributed by atoms with Gasteiger partial charge >= 0.3 is 5.97 Å². The molecule has 16 heavy (non-hydrogen) atoms. The van der Waals surface area contributed by atoms with Crippen molar-refractivity contribution in [2.75, 3.05) is 0 Å². The predicted octanol–water partition coefficient (Wildman–Crippen LogP) is 1.88. The third kappa shape index (κ3) is 1.72. The summed E-state index contributed by atoms with van der Waals surface area (Å²) in [6, 6.07) is 4.57. The van der Waals surface area contributed by atoms with Crippen LogP contribution in [-0.4, -0.2) is 21.3 Å². The van der Waals surface area contributed by atoms with Crippen LogP contribution in [0.2, 0.25) is 0 Å². The first-order chi connectivity index (χ1) is 7.58. The summed E-state index contributed by atoms with van der Waals surface area (Å²) in [6.07, 6.45) is 0. The lowest BCUT2D eigenvalue weighted by molar-refractivity contribution is 0.0652. The monoisotopic (exact) mass is 223 g/mol. The van der Waals surface area contributed by atoms with Crippen LogP contribution in [0.3, 0.4) is 0 Å². The molecule has 0 aliphatic heterocycles. The fraction of sp³-hybridized carbons (Fsp3) is 0. The van der Waals surface area contributed by atoms with Gasteiger partial charge in [-0.3, -0.25) is 0 Å². The molecule has 0 radical (unpaired) electrons. The van der Waals surface area contributed by atoms with Crippen LogP contribution in [-0.2, 0) is 0 Å². The SMILES string of the molecule is O=C(O)c1cc(-c2ccc(O)cc2F)no1. The standard InChI is InChI=1S/C10H6FNO4/c11-7-3-5(13)1-2-6(7)8-4-9(10(14)15)16-12-8/h1-4,13H,(H,14,15). The number of benzene rings is 1. The molecular formula is C10H6FNO4. The minimum absolute atomic E-state index is 0.0639. The summed E-state index contributed by atoms with van der Waals surface area (Å²) in [4.78, 5) is 10.5. The molecule has 0 aliphatic carbocycles. The number of aromatic hydroxyl groups is 1. The Morgan fingerprint density at radius 1 is 1.38 bits per heavy atom. The number of rotatable bonds is 2. The van der Waals surface area contributed by atoms with Crippen molar-refractivity contribution in [2.24, 2.45) is 0 Å². The van der Waals surface area contributed by atoms with Gasteiger partial charge < -0.3 is 14.7 Å². The molecule has 1 aromatic carbocycles. The Labute approximate surface area is 88.7 Å². The van der Waals surface area contributed by atoms with Crippen LogP contribution in [0.25, 0.3) is 11.3 Å². The Morgan fingerprint density at radius 2 is 2.12 bits per heavy atom. The topological polar surface area (TPSA) is 83.6 Å². The van der Waals surface area contributed by atoms with Crippen LogP contribution in [0.5, 0.6) is 5.75 Å². The highest BCUT2D eigenvalue weighted by atomic mass is 19.1. The first kappa shape index (κ1) is 10.2. The third-order valence-electron chi connectivity index (χ3n) is 1.95. The molecule has 0 spiro atoms. The lowest BCUT2D eigenvalue weighted by Gasteiger charge is -1.98. The Bertz CT molecular complexity index is 550. The van der Waals surface area contributed by atoms with Crippen LogP contribution < -0.4 is 0 Å². The molecule has 0 aliphatic rings. The maximum Gasteiger partial charge on any atom is 0.374 e. The normalized spacial score (nSPS) is 10.3. The molecule has 1 aromatic heterocycles. The zero-order valence-electron chi connectivity index (χ0n) is 7.85. The van der Waals surface area contributed by atoms with Crippen LogP contribution in [0.4, 0.5) is 4.39 Å². The number of hydrogen-bond donors (Lipinski definition) is 2. The lowest BCUT2D eigenvalue weighted by atomic mass is 10.1. The van der Waals surface area contributed by atoms with Crippen molar-refractivity contribution < 1.29 is 23.9 Å². The molecule has 0 unspecified atom stereocenters. The number of aromatic nitrogens is 1. The molecule has 0 saturated heterocycles. The van der Waals surface area contributed by atoms with Crippen molar-refractivity contribution in [1.82, 2.24) is 5.16 Å². The predicted molar refractivity (Wildman–Crippen MR) is 50.5 cm³/mol. The van der Waals surface area contributed by atoms with E-state index in [9.17, 15) is 9.18 Å². The number of phenols is 1. The van der Waals surface area contributed by atoms with E-state index in [0.29, 0.717) is 0 Å². The van der Waals surface area contributed by atoms with Gasteiger partial charge in [0, 0.05) is 17.7 Å². The Balaban J connectivity index is 2.46. The summed E-state index contributed by atoms with van der Waals surface area (Å²) >= 11 is 0. The quantitative estimate of drug-likeness (QED) is 0.812. The Morgan fingerprint density at radius 3 is 2.69 bits per heavy atom. The fourth-order valence-corrected chi connectivity index (χ4v) is 1.21. The molecule has 2 aromatic rings. The van der Waals surface area contributed by atoms with E-state index in [1.807, 2.05) is 0 Å². The van der Waals surface area contributed by atoms with Crippen molar-refractivity contribution in [1.29, 1.82) is 0 Å². The van der Waals surface area contributed by atoms with E-state index in [4.69, 9.17) is 10.2 Å². The van der Waals surface area contributed by atoms with E-state index in [1.54, 1.807) is 0 Å². The minimum atomic E-state index is -1.28. The minimum Gasteiger partial charge on any atom is -0.508 e. The average molecular weight is 223 g/mol.